The molecule has 0 aliphatic carbocycles. The Morgan fingerprint density at radius 1 is 1.29 bits per heavy atom. The number of aryl methyl sites for hydroxylation is 1. The fourth-order valence-electron chi connectivity index (χ4n) is 1.99. The SMILES string of the molecule is COc1cccc(Cl)c1CNC(=O)c1cccc(C)c1Br. The van der Waals surface area contributed by atoms with E-state index < -0.39 is 0 Å². The average molecular weight is 369 g/mol. The van der Waals surface area contributed by atoms with E-state index in [0.29, 0.717) is 22.9 Å². The molecule has 2 aromatic rings. The van der Waals surface area contributed by atoms with Crippen LogP contribution in [0, 0.1) is 6.92 Å². The highest BCUT2D eigenvalue weighted by molar-refractivity contribution is 9.10. The number of carbonyl (C=O) groups is 1. The molecule has 0 bridgehead atoms. The number of benzene rings is 2. The van der Waals surface area contributed by atoms with Gasteiger partial charge in [-0.3, -0.25) is 4.79 Å². The average Bonchev–Trinajstić information content (AvgIpc) is 2.48. The fourth-order valence-corrected chi connectivity index (χ4v) is 2.67. The highest BCUT2D eigenvalue weighted by atomic mass is 79.9. The summed E-state index contributed by atoms with van der Waals surface area (Å²) < 4.78 is 6.06. The second-order valence-corrected chi connectivity index (χ2v) is 5.74. The molecule has 0 atom stereocenters. The molecular weight excluding hydrogens is 354 g/mol. The second-order valence-electron chi connectivity index (χ2n) is 4.54. The lowest BCUT2D eigenvalue weighted by Gasteiger charge is -2.12. The number of halogens is 2. The lowest BCUT2D eigenvalue weighted by molar-refractivity contribution is 0.0950. The second kappa shape index (κ2) is 6.96. The predicted molar refractivity (Wildman–Crippen MR) is 88.1 cm³/mol. The summed E-state index contributed by atoms with van der Waals surface area (Å²) in [5.74, 6) is 0.499. The minimum Gasteiger partial charge on any atom is -0.496 e. The number of rotatable bonds is 4. The van der Waals surface area contributed by atoms with Crippen molar-refractivity contribution in [2.75, 3.05) is 7.11 Å². The maximum absolute atomic E-state index is 12.3. The van der Waals surface area contributed by atoms with E-state index in [1.165, 1.54) is 0 Å². The smallest absolute Gasteiger partial charge is 0.252 e. The van der Waals surface area contributed by atoms with Crippen LogP contribution in [0.1, 0.15) is 21.5 Å². The Kier molecular flexibility index (Phi) is 5.26. The van der Waals surface area contributed by atoms with Gasteiger partial charge in [-0.15, -0.1) is 0 Å². The number of methoxy groups -OCH3 is 1. The summed E-state index contributed by atoms with van der Waals surface area (Å²) in [7, 11) is 1.58. The maximum atomic E-state index is 12.3. The molecule has 0 heterocycles. The fraction of sp³-hybridized carbons (Fsp3) is 0.188. The molecule has 0 aromatic heterocycles. The van der Waals surface area contributed by atoms with Crippen molar-refractivity contribution in [1.29, 1.82) is 0 Å². The molecule has 3 nitrogen and oxygen atoms in total. The van der Waals surface area contributed by atoms with Gasteiger partial charge in [0.1, 0.15) is 5.75 Å². The molecular formula is C16H15BrClNO2. The summed E-state index contributed by atoms with van der Waals surface area (Å²) in [5, 5.41) is 3.43. The standard InChI is InChI=1S/C16H15BrClNO2/c1-10-5-3-6-11(15(10)17)16(20)19-9-12-13(18)7-4-8-14(12)21-2/h3-8H,9H2,1-2H3,(H,19,20). The van der Waals surface area contributed by atoms with Gasteiger partial charge in [0, 0.05) is 21.6 Å². The molecule has 0 unspecified atom stereocenters. The minimum atomic E-state index is -0.160. The first kappa shape index (κ1) is 15.9. The van der Waals surface area contributed by atoms with Crippen molar-refractivity contribution in [3.05, 3.63) is 62.6 Å². The third kappa shape index (κ3) is 3.57. The zero-order valence-electron chi connectivity index (χ0n) is 11.7. The Labute approximate surface area is 137 Å². The van der Waals surface area contributed by atoms with Gasteiger partial charge in [0.15, 0.2) is 0 Å². The minimum absolute atomic E-state index is 0.160. The van der Waals surface area contributed by atoms with E-state index in [-0.39, 0.29) is 5.91 Å². The molecule has 5 heteroatoms. The molecule has 0 spiro atoms. The number of ether oxygens (including phenoxy) is 1. The summed E-state index contributed by atoms with van der Waals surface area (Å²) in [4.78, 5) is 12.3. The van der Waals surface area contributed by atoms with Gasteiger partial charge in [0.25, 0.3) is 5.91 Å². The van der Waals surface area contributed by atoms with Crippen LogP contribution in [-0.4, -0.2) is 13.0 Å². The van der Waals surface area contributed by atoms with E-state index in [1.807, 2.05) is 31.2 Å². The van der Waals surface area contributed by atoms with Crippen molar-refractivity contribution in [3.63, 3.8) is 0 Å². The predicted octanol–water partition coefficient (Wildman–Crippen LogP) is 4.35. The highest BCUT2D eigenvalue weighted by Crippen LogP contribution is 2.26. The van der Waals surface area contributed by atoms with Crippen LogP contribution in [0.5, 0.6) is 5.75 Å². The molecule has 110 valence electrons. The van der Waals surface area contributed by atoms with E-state index in [4.69, 9.17) is 16.3 Å². The highest BCUT2D eigenvalue weighted by Gasteiger charge is 2.13. The first-order valence-corrected chi connectivity index (χ1v) is 7.56. The number of amides is 1. The quantitative estimate of drug-likeness (QED) is 0.871. The molecule has 0 aliphatic rings. The summed E-state index contributed by atoms with van der Waals surface area (Å²) in [6.45, 7) is 2.25. The van der Waals surface area contributed by atoms with Gasteiger partial charge >= 0.3 is 0 Å². The van der Waals surface area contributed by atoms with Crippen molar-refractivity contribution in [3.8, 4) is 5.75 Å². The zero-order chi connectivity index (χ0) is 15.4. The molecule has 1 amide bonds. The van der Waals surface area contributed by atoms with Crippen LogP contribution >= 0.6 is 27.5 Å². The van der Waals surface area contributed by atoms with Gasteiger partial charge in [-0.1, -0.05) is 29.8 Å². The molecule has 1 N–H and O–H groups in total. The van der Waals surface area contributed by atoms with E-state index in [9.17, 15) is 4.79 Å². The lowest BCUT2D eigenvalue weighted by atomic mass is 10.1. The molecule has 2 aromatic carbocycles. The van der Waals surface area contributed by atoms with Crippen LogP contribution in [0.25, 0.3) is 0 Å². The van der Waals surface area contributed by atoms with Crippen LogP contribution in [0.3, 0.4) is 0 Å². The Morgan fingerprint density at radius 2 is 2.00 bits per heavy atom. The van der Waals surface area contributed by atoms with Gasteiger partial charge in [-0.25, -0.2) is 0 Å². The van der Waals surface area contributed by atoms with E-state index >= 15 is 0 Å². The summed E-state index contributed by atoms with van der Waals surface area (Å²) in [6, 6.07) is 11.0. The van der Waals surface area contributed by atoms with Crippen molar-refractivity contribution in [1.82, 2.24) is 5.32 Å². The van der Waals surface area contributed by atoms with Crippen molar-refractivity contribution in [2.24, 2.45) is 0 Å². The van der Waals surface area contributed by atoms with Gasteiger partial charge in [0.05, 0.1) is 12.7 Å². The largest absolute Gasteiger partial charge is 0.496 e. The Hall–Kier alpha value is -1.52. The Balaban J connectivity index is 2.17. The van der Waals surface area contributed by atoms with Gasteiger partial charge in [-0.05, 0) is 46.6 Å². The first-order chi connectivity index (χ1) is 10.0. The number of hydrogen-bond donors (Lipinski definition) is 1. The molecule has 0 saturated heterocycles. The monoisotopic (exact) mass is 367 g/mol. The molecule has 0 aliphatic heterocycles. The molecule has 21 heavy (non-hydrogen) atoms. The summed E-state index contributed by atoms with van der Waals surface area (Å²) in [5.41, 5.74) is 2.37. The molecule has 0 fully saturated rings. The summed E-state index contributed by atoms with van der Waals surface area (Å²) in [6.07, 6.45) is 0. The van der Waals surface area contributed by atoms with E-state index in [2.05, 4.69) is 21.2 Å². The lowest BCUT2D eigenvalue weighted by Crippen LogP contribution is -2.23. The number of nitrogens with one attached hydrogen (secondary N) is 1. The van der Waals surface area contributed by atoms with Crippen LogP contribution in [0.4, 0.5) is 0 Å². The molecule has 0 radical (unpaired) electrons. The van der Waals surface area contributed by atoms with Crippen molar-refractivity contribution < 1.29 is 9.53 Å². The topological polar surface area (TPSA) is 38.3 Å². The van der Waals surface area contributed by atoms with Crippen LogP contribution < -0.4 is 10.1 Å². The third-order valence-electron chi connectivity index (χ3n) is 3.16. The van der Waals surface area contributed by atoms with Gasteiger partial charge in [-0.2, -0.15) is 0 Å². The van der Waals surface area contributed by atoms with Crippen LogP contribution in [-0.2, 0) is 6.54 Å². The van der Waals surface area contributed by atoms with Crippen molar-refractivity contribution >= 4 is 33.4 Å². The Morgan fingerprint density at radius 3 is 2.71 bits per heavy atom. The van der Waals surface area contributed by atoms with E-state index in [0.717, 1.165) is 15.6 Å². The Bertz CT molecular complexity index is 673. The first-order valence-electron chi connectivity index (χ1n) is 6.39. The van der Waals surface area contributed by atoms with Crippen LogP contribution in [0.2, 0.25) is 5.02 Å². The normalized spacial score (nSPS) is 10.3. The van der Waals surface area contributed by atoms with Gasteiger partial charge in [0.2, 0.25) is 0 Å². The number of carbonyl (C=O) groups excluding carboxylic acids is 1. The van der Waals surface area contributed by atoms with Gasteiger partial charge < -0.3 is 10.1 Å². The van der Waals surface area contributed by atoms with Crippen LogP contribution in [0.15, 0.2) is 40.9 Å². The molecule has 0 saturated carbocycles. The van der Waals surface area contributed by atoms with E-state index in [1.54, 1.807) is 19.2 Å². The maximum Gasteiger partial charge on any atom is 0.252 e. The number of hydrogen-bond acceptors (Lipinski definition) is 2. The van der Waals surface area contributed by atoms with Crippen molar-refractivity contribution in [2.45, 2.75) is 13.5 Å². The zero-order valence-corrected chi connectivity index (χ0v) is 14.1. The molecule has 2 rings (SSSR count). The summed E-state index contributed by atoms with van der Waals surface area (Å²) >= 11 is 9.59. The third-order valence-corrected chi connectivity index (χ3v) is 4.56.